The van der Waals surface area contributed by atoms with Gasteiger partial charge in [-0.3, -0.25) is 9.59 Å². The van der Waals surface area contributed by atoms with Gasteiger partial charge in [0.15, 0.2) is 0 Å². The Morgan fingerprint density at radius 1 is 0.852 bits per heavy atom. The van der Waals surface area contributed by atoms with Crippen LogP contribution in [0, 0.1) is 0 Å². The minimum Gasteiger partial charge on any atom is -0.376 e. The highest BCUT2D eigenvalue weighted by atomic mass is 16.5. The van der Waals surface area contributed by atoms with E-state index in [1.807, 2.05) is 36.4 Å². The van der Waals surface area contributed by atoms with Gasteiger partial charge < -0.3 is 9.30 Å². The number of aldehydes is 2. The summed E-state index contributed by atoms with van der Waals surface area (Å²) in [5.74, 6) is 0. The molecule has 0 unspecified atom stereocenters. The molecule has 142 valence electrons. The first-order chi connectivity index (χ1) is 12.7. The highest BCUT2D eigenvalue weighted by Gasteiger charge is 2.26. The Morgan fingerprint density at radius 2 is 1.33 bits per heavy atom. The SMILES string of the molecule is CC(C)(C)OCCC(C)(C)n1c2ccc(C=O)cc2c2cc(C=O)ccc21. The molecule has 0 bridgehead atoms. The molecule has 3 rings (SSSR count). The Bertz CT molecular complexity index is 941. The number of hydrogen-bond acceptors (Lipinski definition) is 3. The van der Waals surface area contributed by atoms with Crippen molar-refractivity contribution in [3.8, 4) is 0 Å². The van der Waals surface area contributed by atoms with Gasteiger partial charge in [0.1, 0.15) is 12.6 Å². The third kappa shape index (κ3) is 3.81. The first kappa shape index (κ1) is 19.3. The van der Waals surface area contributed by atoms with E-state index in [1.54, 1.807) is 0 Å². The molecule has 0 N–H and O–H groups in total. The minimum atomic E-state index is -0.198. The van der Waals surface area contributed by atoms with Gasteiger partial charge in [0.05, 0.1) is 5.60 Å². The van der Waals surface area contributed by atoms with E-state index in [1.165, 1.54) is 0 Å². The van der Waals surface area contributed by atoms with Crippen LogP contribution in [0.2, 0.25) is 0 Å². The number of hydrogen-bond donors (Lipinski definition) is 0. The van der Waals surface area contributed by atoms with E-state index >= 15 is 0 Å². The lowest BCUT2D eigenvalue weighted by molar-refractivity contribution is -0.0137. The molecule has 0 saturated carbocycles. The number of carbonyl (C=O) groups is 2. The molecule has 0 aliphatic rings. The molecule has 0 radical (unpaired) electrons. The highest BCUT2D eigenvalue weighted by Crippen LogP contribution is 2.36. The fourth-order valence-electron chi connectivity index (χ4n) is 3.58. The molecular weight excluding hydrogens is 338 g/mol. The maximum atomic E-state index is 11.3. The lowest BCUT2D eigenvalue weighted by atomic mass is 9.99. The molecule has 0 aliphatic carbocycles. The molecule has 4 nitrogen and oxygen atoms in total. The maximum Gasteiger partial charge on any atom is 0.150 e. The zero-order valence-electron chi connectivity index (χ0n) is 16.7. The third-order valence-corrected chi connectivity index (χ3v) is 4.94. The van der Waals surface area contributed by atoms with Gasteiger partial charge in [-0.05, 0) is 77.4 Å². The number of ether oxygens (including phenoxy) is 1. The number of rotatable bonds is 6. The van der Waals surface area contributed by atoms with Crippen LogP contribution >= 0.6 is 0 Å². The van der Waals surface area contributed by atoms with Gasteiger partial charge in [-0.25, -0.2) is 0 Å². The molecule has 0 aliphatic heterocycles. The van der Waals surface area contributed by atoms with Gasteiger partial charge in [0.25, 0.3) is 0 Å². The summed E-state index contributed by atoms with van der Waals surface area (Å²) >= 11 is 0. The Labute approximate surface area is 160 Å². The van der Waals surface area contributed by atoms with Crippen molar-refractivity contribution in [1.29, 1.82) is 0 Å². The Balaban J connectivity index is 2.18. The van der Waals surface area contributed by atoms with Gasteiger partial charge in [-0.1, -0.05) is 0 Å². The first-order valence-corrected chi connectivity index (χ1v) is 9.29. The summed E-state index contributed by atoms with van der Waals surface area (Å²) < 4.78 is 8.25. The van der Waals surface area contributed by atoms with Crippen molar-refractivity contribution in [2.75, 3.05) is 6.61 Å². The summed E-state index contributed by atoms with van der Waals surface area (Å²) in [7, 11) is 0. The zero-order valence-corrected chi connectivity index (χ0v) is 16.7. The number of carbonyl (C=O) groups excluding carboxylic acids is 2. The quantitative estimate of drug-likeness (QED) is 0.553. The van der Waals surface area contributed by atoms with E-state index in [4.69, 9.17) is 4.74 Å². The van der Waals surface area contributed by atoms with Crippen molar-refractivity contribution >= 4 is 34.4 Å². The van der Waals surface area contributed by atoms with Crippen molar-refractivity contribution < 1.29 is 14.3 Å². The lowest BCUT2D eigenvalue weighted by Crippen LogP contribution is -2.30. The molecular formula is C23H27NO3. The first-order valence-electron chi connectivity index (χ1n) is 9.29. The molecule has 0 fully saturated rings. The molecule has 3 aromatic rings. The topological polar surface area (TPSA) is 48.3 Å². The van der Waals surface area contributed by atoms with Crippen molar-refractivity contribution in [1.82, 2.24) is 4.57 Å². The van der Waals surface area contributed by atoms with Crippen molar-refractivity contribution in [2.24, 2.45) is 0 Å². The number of benzene rings is 2. The molecule has 2 aromatic carbocycles. The molecule has 1 aromatic heterocycles. The van der Waals surface area contributed by atoms with Crippen LogP contribution in [-0.2, 0) is 10.3 Å². The second-order valence-electron chi connectivity index (χ2n) is 8.65. The summed E-state index contributed by atoms with van der Waals surface area (Å²) in [6.07, 6.45) is 2.55. The summed E-state index contributed by atoms with van der Waals surface area (Å²) in [5, 5.41) is 1.98. The van der Waals surface area contributed by atoms with Crippen LogP contribution in [0.1, 0.15) is 61.8 Å². The standard InChI is InChI=1S/C23H27NO3/c1-22(2,3)27-11-10-23(4,5)24-20-8-6-16(14-25)12-18(20)19-13-17(15-26)7-9-21(19)24/h6-9,12-15H,10-11H2,1-5H3. The highest BCUT2D eigenvalue weighted by molar-refractivity contribution is 6.10. The normalized spacial score (nSPS) is 12.6. The van der Waals surface area contributed by atoms with Crippen LogP contribution in [0.4, 0.5) is 0 Å². The number of aromatic nitrogens is 1. The van der Waals surface area contributed by atoms with Crippen LogP contribution in [-0.4, -0.2) is 29.3 Å². The monoisotopic (exact) mass is 365 g/mol. The molecule has 27 heavy (non-hydrogen) atoms. The average Bonchev–Trinajstić information content (AvgIpc) is 2.93. The van der Waals surface area contributed by atoms with Crippen molar-refractivity contribution in [3.05, 3.63) is 47.5 Å². The van der Waals surface area contributed by atoms with Gasteiger partial charge in [-0.15, -0.1) is 0 Å². The van der Waals surface area contributed by atoms with Gasteiger partial charge in [-0.2, -0.15) is 0 Å². The van der Waals surface area contributed by atoms with Gasteiger partial charge >= 0.3 is 0 Å². The zero-order chi connectivity index (χ0) is 19.8. The van der Waals surface area contributed by atoms with E-state index in [9.17, 15) is 9.59 Å². The van der Waals surface area contributed by atoms with Crippen molar-refractivity contribution in [3.63, 3.8) is 0 Å². The summed E-state index contributed by atoms with van der Waals surface area (Å²) in [6.45, 7) is 11.2. The van der Waals surface area contributed by atoms with Crippen molar-refractivity contribution in [2.45, 2.75) is 52.2 Å². The predicted octanol–water partition coefficient (Wildman–Crippen LogP) is 5.36. The molecule has 0 spiro atoms. The molecule has 4 heteroatoms. The van der Waals surface area contributed by atoms with Crippen LogP contribution in [0.25, 0.3) is 21.8 Å². The molecule has 0 atom stereocenters. The van der Waals surface area contributed by atoms with Gasteiger partial charge in [0.2, 0.25) is 0 Å². The van der Waals surface area contributed by atoms with E-state index in [-0.39, 0.29) is 11.1 Å². The average molecular weight is 365 g/mol. The van der Waals surface area contributed by atoms with Crippen LogP contribution in [0.5, 0.6) is 0 Å². The second kappa shape index (κ2) is 6.93. The smallest absolute Gasteiger partial charge is 0.150 e. The molecule has 0 saturated heterocycles. The predicted molar refractivity (Wildman–Crippen MR) is 110 cm³/mol. The molecule has 1 heterocycles. The maximum absolute atomic E-state index is 11.3. The molecule has 0 amide bonds. The van der Waals surface area contributed by atoms with E-state index < -0.39 is 0 Å². The number of nitrogens with zero attached hydrogens (tertiary/aromatic N) is 1. The van der Waals surface area contributed by atoms with Gasteiger partial charge in [0, 0.05) is 45.1 Å². The van der Waals surface area contributed by atoms with Crippen LogP contribution in [0.15, 0.2) is 36.4 Å². The second-order valence-corrected chi connectivity index (χ2v) is 8.65. The van der Waals surface area contributed by atoms with Crippen LogP contribution < -0.4 is 0 Å². The summed E-state index contributed by atoms with van der Waals surface area (Å²) in [4.78, 5) is 22.5. The summed E-state index contributed by atoms with van der Waals surface area (Å²) in [5.41, 5.74) is 3.00. The minimum absolute atomic E-state index is 0.172. The largest absolute Gasteiger partial charge is 0.376 e. The Hall–Kier alpha value is -2.46. The fourth-order valence-corrected chi connectivity index (χ4v) is 3.58. The Kier molecular flexibility index (Phi) is 4.96. The lowest BCUT2D eigenvalue weighted by Gasteiger charge is -2.31. The summed E-state index contributed by atoms with van der Waals surface area (Å²) in [6, 6.07) is 11.5. The van der Waals surface area contributed by atoms with E-state index in [2.05, 4.69) is 39.2 Å². The van der Waals surface area contributed by atoms with Crippen LogP contribution in [0.3, 0.4) is 0 Å². The fraction of sp³-hybridized carbons (Fsp3) is 0.391. The van der Waals surface area contributed by atoms with E-state index in [0.717, 1.165) is 40.8 Å². The number of fused-ring (bicyclic) bond motifs is 3. The van der Waals surface area contributed by atoms with E-state index in [0.29, 0.717) is 17.7 Å². The third-order valence-electron chi connectivity index (χ3n) is 4.94. The Morgan fingerprint density at radius 3 is 1.74 bits per heavy atom.